The van der Waals surface area contributed by atoms with E-state index in [4.69, 9.17) is 9.72 Å². The number of aryl methyl sites for hydroxylation is 1. The van der Waals surface area contributed by atoms with E-state index < -0.39 is 6.61 Å². The molecule has 1 N–H and O–H groups in total. The van der Waals surface area contributed by atoms with Crippen molar-refractivity contribution in [3.05, 3.63) is 50.4 Å². The van der Waals surface area contributed by atoms with E-state index in [1.165, 1.54) is 23.6 Å². The Morgan fingerprint density at radius 3 is 2.84 bits per heavy atom. The van der Waals surface area contributed by atoms with Gasteiger partial charge in [0.05, 0.1) is 18.5 Å². The summed E-state index contributed by atoms with van der Waals surface area (Å²) >= 11 is 1.63. The number of ether oxygens (including phenoxy) is 2. The average molecular weight is 464 g/mol. The minimum atomic E-state index is -2.92. The average Bonchev–Trinajstić information content (AvgIpc) is 3.11. The summed E-state index contributed by atoms with van der Waals surface area (Å²) in [6.45, 7) is 1.81. The van der Waals surface area contributed by atoms with Gasteiger partial charge in [-0.25, -0.2) is 4.98 Å². The Bertz CT molecular complexity index is 1180. The van der Waals surface area contributed by atoms with Crippen LogP contribution in [0.1, 0.15) is 48.1 Å². The van der Waals surface area contributed by atoms with E-state index >= 15 is 0 Å². The van der Waals surface area contributed by atoms with E-state index in [1.54, 1.807) is 23.5 Å². The molecule has 0 aliphatic heterocycles. The number of hydrogen-bond acceptors (Lipinski definition) is 6. The molecule has 172 valence electrons. The van der Waals surface area contributed by atoms with Gasteiger partial charge < -0.3 is 14.5 Å². The zero-order valence-corrected chi connectivity index (χ0v) is 19.4. The fraction of sp³-hybridized carbons (Fsp3) is 0.478. The van der Waals surface area contributed by atoms with Gasteiger partial charge in [-0.15, -0.1) is 11.3 Å². The number of nitrogens with zero attached hydrogens (tertiary/aromatic N) is 2. The Labute approximate surface area is 189 Å². The molecule has 6 nitrogen and oxygen atoms in total. The smallest absolute Gasteiger partial charge is 0.387 e. The molecule has 0 saturated carbocycles. The van der Waals surface area contributed by atoms with Crippen LogP contribution in [0.5, 0.6) is 11.5 Å². The number of fused-ring (bicyclic) bond motifs is 3. The summed E-state index contributed by atoms with van der Waals surface area (Å²) in [5.74, 6) is 1.49. The molecule has 2 heterocycles. The lowest BCUT2D eigenvalue weighted by Crippen LogP contribution is -2.26. The van der Waals surface area contributed by atoms with Gasteiger partial charge in [0.15, 0.2) is 11.5 Å². The first-order valence-electron chi connectivity index (χ1n) is 10.6. The van der Waals surface area contributed by atoms with E-state index in [0.717, 1.165) is 35.0 Å². The maximum Gasteiger partial charge on any atom is 0.387 e. The summed E-state index contributed by atoms with van der Waals surface area (Å²) in [6, 6.07) is 4.71. The number of rotatable bonds is 7. The first-order chi connectivity index (χ1) is 15.3. The van der Waals surface area contributed by atoms with Crippen LogP contribution in [0.2, 0.25) is 0 Å². The van der Waals surface area contributed by atoms with Crippen LogP contribution in [0.3, 0.4) is 0 Å². The van der Waals surface area contributed by atoms with Crippen molar-refractivity contribution in [3.63, 3.8) is 0 Å². The van der Waals surface area contributed by atoms with Crippen LogP contribution in [0, 0.1) is 5.92 Å². The lowest BCUT2D eigenvalue weighted by Gasteiger charge is -2.24. The monoisotopic (exact) mass is 463 g/mol. The van der Waals surface area contributed by atoms with Crippen molar-refractivity contribution in [1.82, 2.24) is 14.9 Å². The number of alkyl halides is 2. The molecular weight excluding hydrogens is 436 g/mol. The number of H-pyrrole nitrogens is 1. The summed E-state index contributed by atoms with van der Waals surface area (Å²) in [5.41, 5.74) is 1.96. The number of aromatic nitrogens is 2. The van der Waals surface area contributed by atoms with Crippen LogP contribution in [-0.4, -0.2) is 35.6 Å². The second-order valence-electron chi connectivity index (χ2n) is 8.44. The van der Waals surface area contributed by atoms with Gasteiger partial charge in [0, 0.05) is 11.4 Å². The third-order valence-electron chi connectivity index (χ3n) is 6.12. The first-order valence-corrected chi connectivity index (χ1v) is 11.4. The first kappa shape index (κ1) is 22.7. The molecule has 0 amide bonds. The Hall–Kier alpha value is -2.52. The maximum atomic E-state index is 12.9. The molecule has 4 rings (SSSR count). The highest BCUT2D eigenvalue weighted by Crippen LogP contribution is 2.36. The van der Waals surface area contributed by atoms with Gasteiger partial charge in [-0.05, 0) is 62.4 Å². The van der Waals surface area contributed by atoms with Crippen LogP contribution >= 0.6 is 11.3 Å². The van der Waals surface area contributed by atoms with Crippen LogP contribution in [0.25, 0.3) is 10.2 Å². The molecule has 9 heteroatoms. The van der Waals surface area contributed by atoms with Gasteiger partial charge in [0.2, 0.25) is 0 Å². The molecule has 0 spiro atoms. The number of benzene rings is 1. The third-order valence-corrected chi connectivity index (χ3v) is 7.26. The van der Waals surface area contributed by atoms with E-state index in [2.05, 4.69) is 16.6 Å². The van der Waals surface area contributed by atoms with Crippen molar-refractivity contribution in [2.45, 2.75) is 52.3 Å². The molecule has 2 unspecified atom stereocenters. The van der Waals surface area contributed by atoms with Crippen LogP contribution < -0.4 is 15.0 Å². The molecule has 0 saturated heterocycles. The standard InChI is InChI=1S/C23H27F2N3O3S/c1-12-5-7-15-18(9-12)32-22-19(15)21(29)26-20(27-22)13(2)28(3)11-14-6-8-16(31-23(24)25)17(10-14)30-4/h6,8,10,12-13,23H,5,7,9,11H2,1-4H3,(H,26,27,29). The molecule has 2 atom stereocenters. The van der Waals surface area contributed by atoms with Crippen molar-refractivity contribution in [2.24, 2.45) is 5.92 Å². The summed E-state index contributed by atoms with van der Waals surface area (Å²) in [4.78, 5) is 24.8. The predicted molar refractivity (Wildman–Crippen MR) is 121 cm³/mol. The quantitative estimate of drug-likeness (QED) is 0.539. The molecule has 3 aromatic rings. The molecule has 0 radical (unpaired) electrons. The van der Waals surface area contributed by atoms with Gasteiger partial charge in [-0.3, -0.25) is 9.69 Å². The van der Waals surface area contributed by atoms with Gasteiger partial charge in [-0.2, -0.15) is 8.78 Å². The molecule has 32 heavy (non-hydrogen) atoms. The Kier molecular flexibility index (Phi) is 6.48. The van der Waals surface area contributed by atoms with E-state index in [9.17, 15) is 13.6 Å². The van der Waals surface area contributed by atoms with E-state index in [0.29, 0.717) is 18.3 Å². The van der Waals surface area contributed by atoms with Crippen molar-refractivity contribution in [2.75, 3.05) is 14.2 Å². The highest BCUT2D eigenvalue weighted by Gasteiger charge is 2.24. The highest BCUT2D eigenvalue weighted by atomic mass is 32.1. The topological polar surface area (TPSA) is 67.5 Å². The van der Waals surface area contributed by atoms with E-state index in [-0.39, 0.29) is 23.1 Å². The summed E-state index contributed by atoms with van der Waals surface area (Å²) in [5, 5.41) is 0.745. The van der Waals surface area contributed by atoms with Gasteiger partial charge >= 0.3 is 6.61 Å². The zero-order chi connectivity index (χ0) is 23.0. The van der Waals surface area contributed by atoms with Gasteiger partial charge in [0.1, 0.15) is 10.7 Å². The van der Waals surface area contributed by atoms with Gasteiger partial charge in [-0.1, -0.05) is 13.0 Å². The fourth-order valence-corrected chi connectivity index (χ4v) is 5.59. The molecule has 0 bridgehead atoms. The van der Waals surface area contributed by atoms with Crippen LogP contribution in [0.4, 0.5) is 8.78 Å². The Morgan fingerprint density at radius 1 is 1.34 bits per heavy atom. The van der Waals surface area contributed by atoms with Gasteiger partial charge in [0.25, 0.3) is 5.56 Å². The normalized spacial score (nSPS) is 17.1. The molecule has 1 aliphatic carbocycles. The summed E-state index contributed by atoms with van der Waals surface area (Å²) < 4.78 is 34.8. The number of hydrogen-bond donors (Lipinski definition) is 1. The second-order valence-corrected chi connectivity index (χ2v) is 9.52. The van der Waals surface area contributed by atoms with E-state index in [1.807, 2.05) is 18.9 Å². The zero-order valence-electron chi connectivity index (χ0n) is 18.6. The van der Waals surface area contributed by atoms with Crippen LogP contribution in [0.15, 0.2) is 23.0 Å². The largest absolute Gasteiger partial charge is 0.493 e. The lowest BCUT2D eigenvalue weighted by atomic mass is 9.89. The minimum Gasteiger partial charge on any atom is -0.493 e. The number of aromatic amines is 1. The Balaban J connectivity index is 1.56. The number of thiophene rings is 1. The summed E-state index contributed by atoms with van der Waals surface area (Å²) in [7, 11) is 3.33. The molecular formula is C23H27F2N3O3S. The minimum absolute atomic E-state index is 0.00520. The van der Waals surface area contributed by atoms with Crippen LogP contribution in [-0.2, 0) is 19.4 Å². The number of methoxy groups -OCH3 is 1. The Morgan fingerprint density at radius 2 is 2.12 bits per heavy atom. The lowest BCUT2D eigenvalue weighted by molar-refractivity contribution is -0.0512. The summed E-state index contributed by atoms with van der Waals surface area (Å²) in [6.07, 6.45) is 3.04. The van der Waals surface area contributed by atoms with Crippen molar-refractivity contribution in [3.8, 4) is 11.5 Å². The predicted octanol–water partition coefficient (Wildman–Crippen LogP) is 4.91. The molecule has 2 aromatic heterocycles. The highest BCUT2D eigenvalue weighted by molar-refractivity contribution is 7.18. The van der Waals surface area contributed by atoms with Crippen molar-refractivity contribution in [1.29, 1.82) is 0 Å². The van der Waals surface area contributed by atoms with Crippen molar-refractivity contribution < 1.29 is 18.3 Å². The third kappa shape index (κ3) is 4.49. The van der Waals surface area contributed by atoms with Crippen molar-refractivity contribution >= 4 is 21.6 Å². The number of halogens is 2. The SMILES string of the molecule is COc1cc(CN(C)C(C)c2nc3sc4c(c3c(=O)[nH]2)CCC(C)C4)ccc1OC(F)F. The second kappa shape index (κ2) is 9.15. The fourth-order valence-electron chi connectivity index (χ4n) is 4.20. The molecule has 1 aliphatic rings. The molecule has 1 aromatic carbocycles. The number of nitrogens with one attached hydrogen (secondary N) is 1. The maximum absolute atomic E-state index is 12.9. The molecule has 0 fully saturated rings.